The normalized spacial score (nSPS) is 19.2. The molecular formula is C17H25N5O3. The van der Waals surface area contributed by atoms with Crippen molar-refractivity contribution in [1.29, 1.82) is 0 Å². The van der Waals surface area contributed by atoms with E-state index < -0.39 is 0 Å². The van der Waals surface area contributed by atoms with E-state index in [4.69, 9.17) is 9.26 Å². The predicted molar refractivity (Wildman–Crippen MR) is 90.2 cm³/mol. The molecule has 1 aliphatic rings. The molecular weight excluding hydrogens is 322 g/mol. The number of hydrogen-bond acceptors (Lipinski definition) is 6. The van der Waals surface area contributed by atoms with Crippen LogP contribution in [0.4, 0.5) is 0 Å². The molecule has 0 radical (unpaired) electrons. The number of amides is 1. The zero-order valence-electron chi connectivity index (χ0n) is 15.0. The maximum absolute atomic E-state index is 12.7. The number of nitrogens with one attached hydrogen (secondary N) is 1. The molecule has 1 N–H and O–H groups in total. The van der Waals surface area contributed by atoms with Crippen molar-refractivity contribution in [1.82, 2.24) is 25.2 Å². The van der Waals surface area contributed by atoms with Gasteiger partial charge in [0.2, 0.25) is 5.76 Å². The number of hydrogen-bond donors (Lipinski definition) is 1. The van der Waals surface area contributed by atoms with Crippen LogP contribution in [0.25, 0.3) is 0 Å². The summed E-state index contributed by atoms with van der Waals surface area (Å²) in [5.41, 5.74) is 0.814. The molecule has 2 aromatic heterocycles. The lowest BCUT2D eigenvalue weighted by Gasteiger charge is -2.30. The number of nitrogens with zero attached hydrogens (tertiary/aromatic N) is 4. The van der Waals surface area contributed by atoms with Gasteiger partial charge in [-0.3, -0.25) is 9.89 Å². The summed E-state index contributed by atoms with van der Waals surface area (Å²) in [5, 5.41) is 11.2. The summed E-state index contributed by atoms with van der Waals surface area (Å²) in [5.74, 6) is 1.82. The monoisotopic (exact) mass is 347 g/mol. The average molecular weight is 347 g/mol. The van der Waals surface area contributed by atoms with Crippen LogP contribution in [0, 0.1) is 0 Å². The number of aromatic amines is 1. The molecule has 1 saturated heterocycles. The third-order valence-electron chi connectivity index (χ3n) is 4.53. The molecule has 0 saturated carbocycles. The summed E-state index contributed by atoms with van der Waals surface area (Å²) in [6, 6.07) is 1.74. The Bertz CT molecular complexity index is 711. The number of aryl methyl sites for hydroxylation is 1. The van der Waals surface area contributed by atoms with E-state index in [-0.39, 0.29) is 23.7 Å². The summed E-state index contributed by atoms with van der Waals surface area (Å²) in [4.78, 5) is 18.9. The van der Waals surface area contributed by atoms with Gasteiger partial charge in [0.1, 0.15) is 11.9 Å². The van der Waals surface area contributed by atoms with Gasteiger partial charge in [-0.15, -0.1) is 0 Å². The van der Waals surface area contributed by atoms with Crippen LogP contribution in [0.3, 0.4) is 0 Å². The first-order valence-electron chi connectivity index (χ1n) is 8.91. The van der Waals surface area contributed by atoms with Crippen LogP contribution >= 0.6 is 0 Å². The van der Waals surface area contributed by atoms with Crippen molar-refractivity contribution in [2.75, 3.05) is 19.7 Å². The minimum atomic E-state index is -0.323. The Morgan fingerprint density at radius 2 is 2.32 bits per heavy atom. The van der Waals surface area contributed by atoms with Crippen LogP contribution in [-0.4, -0.2) is 50.8 Å². The molecule has 0 aromatic carbocycles. The van der Waals surface area contributed by atoms with Crippen LogP contribution in [0.5, 0.6) is 0 Å². The van der Waals surface area contributed by atoms with Crippen LogP contribution < -0.4 is 0 Å². The van der Waals surface area contributed by atoms with Crippen LogP contribution in [0.1, 0.15) is 73.5 Å². The molecule has 2 atom stereocenters. The molecule has 0 bridgehead atoms. The zero-order chi connectivity index (χ0) is 17.8. The molecule has 8 heteroatoms. The van der Waals surface area contributed by atoms with Crippen molar-refractivity contribution in [3.63, 3.8) is 0 Å². The topological polar surface area (TPSA) is 97.1 Å². The van der Waals surface area contributed by atoms with E-state index in [2.05, 4.69) is 41.1 Å². The number of morpholine rings is 1. The van der Waals surface area contributed by atoms with Gasteiger partial charge in [-0.1, -0.05) is 25.9 Å². The molecule has 2 aromatic rings. The number of carbonyl (C=O) groups excluding carboxylic acids is 1. The molecule has 0 unspecified atom stereocenters. The largest absolute Gasteiger partial charge is 0.366 e. The maximum atomic E-state index is 12.7. The molecule has 3 rings (SSSR count). The molecule has 0 spiro atoms. The minimum absolute atomic E-state index is 0.167. The Labute approximate surface area is 146 Å². The average Bonchev–Trinajstić information content (AvgIpc) is 3.30. The first-order valence-corrected chi connectivity index (χ1v) is 8.91. The van der Waals surface area contributed by atoms with Crippen molar-refractivity contribution in [3.8, 4) is 0 Å². The van der Waals surface area contributed by atoms with E-state index in [1.807, 2.05) is 0 Å². The van der Waals surface area contributed by atoms with E-state index >= 15 is 0 Å². The molecule has 3 heterocycles. The van der Waals surface area contributed by atoms with Crippen molar-refractivity contribution >= 4 is 5.91 Å². The van der Waals surface area contributed by atoms with Gasteiger partial charge < -0.3 is 14.2 Å². The van der Waals surface area contributed by atoms with E-state index in [1.54, 1.807) is 11.0 Å². The van der Waals surface area contributed by atoms with E-state index in [0.717, 1.165) is 30.8 Å². The van der Waals surface area contributed by atoms with Crippen molar-refractivity contribution in [3.05, 3.63) is 29.2 Å². The Kier molecular flexibility index (Phi) is 5.47. The highest BCUT2D eigenvalue weighted by molar-refractivity contribution is 5.91. The van der Waals surface area contributed by atoms with Gasteiger partial charge in [0, 0.05) is 24.9 Å². The van der Waals surface area contributed by atoms with E-state index in [1.165, 1.54) is 0 Å². The molecule has 1 aliphatic heterocycles. The Balaban J connectivity index is 1.67. The van der Waals surface area contributed by atoms with Gasteiger partial charge in [-0.05, 0) is 12.8 Å². The second-order valence-electron chi connectivity index (χ2n) is 6.43. The fourth-order valence-corrected chi connectivity index (χ4v) is 2.78. The van der Waals surface area contributed by atoms with Crippen LogP contribution in [0.15, 0.2) is 10.6 Å². The standard InChI is InChI=1S/C17H25N5O3/c1-4-6-15-18-16(20-19-15)14-10-22(7-8-24-14)17(23)13-9-12(21-25-13)11(3)5-2/h9,11,14H,4-8,10H2,1-3H3,(H,18,19,20)/t11-,14-/m0/s1. The third-order valence-corrected chi connectivity index (χ3v) is 4.53. The summed E-state index contributed by atoms with van der Waals surface area (Å²) in [6.45, 7) is 7.60. The maximum Gasteiger partial charge on any atom is 0.292 e. The van der Waals surface area contributed by atoms with E-state index in [9.17, 15) is 4.79 Å². The van der Waals surface area contributed by atoms with Gasteiger partial charge in [0.15, 0.2) is 5.82 Å². The highest BCUT2D eigenvalue weighted by Crippen LogP contribution is 2.23. The molecule has 136 valence electrons. The molecule has 1 fully saturated rings. The van der Waals surface area contributed by atoms with Crippen LogP contribution in [-0.2, 0) is 11.2 Å². The minimum Gasteiger partial charge on any atom is -0.366 e. The number of aromatic nitrogens is 4. The molecule has 25 heavy (non-hydrogen) atoms. The van der Waals surface area contributed by atoms with Gasteiger partial charge >= 0.3 is 0 Å². The van der Waals surface area contributed by atoms with Crippen molar-refractivity contribution < 1.29 is 14.1 Å². The summed E-state index contributed by atoms with van der Waals surface area (Å²) in [6.07, 6.45) is 2.47. The van der Waals surface area contributed by atoms with Crippen LogP contribution in [0.2, 0.25) is 0 Å². The van der Waals surface area contributed by atoms with Crippen molar-refractivity contribution in [2.45, 2.75) is 52.1 Å². The second kappa shape index (κ2) is 7.77. The Morgan fingerprint density at radius 3 is 3.08 bits per heavy atom. The van der Waals surface area contributed by atoms with Gasteiger partial charge in [-0.25, -0.2) is 4.98 Å². The highest BCUT2D eigenvalue weighted by Gasteiger charge is 2.30. The predicted octanol–water partition coefficient (Wildman–Crippen LogP) is 2.47. The Hall–Kier alpha value is -2.22. The second-order valence-corrected chi connectivity index (χ2v) is 6.43. The smallest absolute Gasteiger partial charge is 0.292 e. The lowest BCUT2D eigenvalue weighted by Crippen LogP contribution is -2.42. The molecule has 0 aliphatic carbocycles. The lowest BCUT2D eigenvalue weighted by atomic mass is 10.1. The fraction of sp³-hybridized carbons (Fsp3) is 0.647. The summed E-state index contributed by atoms with van der Waals surface area (Å²) >= 11 is 0. The molecule has 1 amide bonds. The number of H-pyrrole nitrogens is 1. The highest BCUT2D eigenvalue weighted by atomic mass is 16.5. The number of ether oxygens (including phenoxy) is 1. The third kappa shape index (κ3) is 3.89. The lowest BCUT2D eigenvalue weighted by molar-refractivity contribution is -0.0278. The van der Waals surface area contributed by atoms with Gasteiger partial charge in [-0.2, -0.15) is 5.10 Å². The fourth-order valence-electron chi connectivity index (χ4n) is 2.78. The Morgan fingerprint density at radius 1 is 1.48 bits per heavy atom. The van der Waals surface area contributed by atoms with E-state index in [0.29, 0.717) is 25.5 Å². The molecule has 8 nitrogen and oxygen atoms in total. The number of carbonyl (C=O) groups is 1. The van der Waals surface area contributed by atoms with Gasteiger partial charge in [0.25, 0.3) is 5.91 Å². The van der Waals surface area contributed by atoms with Crippen molar-refractivity contribution in [2.24, 2.45) is 0 Å². The summed E-state index contributed by atoms with van der Waals surface area (Å²) < 4.78 is 11.0. The first-order chi connectivity index (χ1) is 12.1. The number of rotatable bonds is 6. The zero-order valence-corrected chi connectivity index (χ0v) is 15.0. The SMILES string of the molecule is CCCc1nc([C@@H]2CN(C(=O)c3cc([C@@H](C)CC)no3)CCO2)n[nH]1. The first kappa shape index (κ1) is 17.6. The summed E-state index contributed by atoms with van der Waals surface area (Å²) in [7, 11) is 0. The van der Waals surface area contributed by atoms with Gasteiger partial charge in [0.05, 0.1) is 18.8 Å². The quantitative estimate of drug-likeness (QED) is 0.862.